The molecule has 0 aliphatic rings. The predicted octanol–water partition coefficient (Wildman–Crippen LogP) is 4.05. The first-order valence-electron chi connectivity index (χ1n) is 6.67. The van der Waals surface area contributed by atoms with Gasteiger partial charge in [0.1, 0.15) is 11.6 Å². The summed E-state index contributed by atoms with van der Waals surface area (Å²) in [6, 6.07) is 13.5. The van der Waals surface area contributed by atoms with Crippen molar-refractivity contribution in [3.63, 3.8) is 0 Å². The van der Waals surface area contributed by atoms with Gasteiger partial charge in [-0.25, -0.2) is 4.39 Å². The highest BCUT2D eigenvalue weighted by Crippen LogP contribution is 2.21. The average molecular weight is 296 g/mol. The van der Waals surface area contributed by atoms with E-state index in [1.807, 2.05) is 30.3 Å². The number of aromatic nitrogens is 2. The van der Waals surface area contributed by atoms with Crippen molar-refractivity contribution >= 4 is 12.2 Å². The lowest BCUT2D eigenvalue weighted by molar-refractivity contribution is 0.414. The van der Waals surface area contributed by atoms with E-state index in [0.717, 1.165) is 11.3 Å². The number of benzene rings is 2. The van der Waals surface area contributed by atoms with E-state index in [9.17, 15) is 4.39 Å². The molecule has 0 aliphatic heterocycles. The lowest BCUT2D eigenvalue weighted by Crippen LogP contribution is -1.85. The first kappa shape index (κ1) is 14.0. The molecule has 5 heteroatoms. The maximum atomic E-state index is 12.9. The molecule has 0 atom stereocenters. The minimum Gasteiger partial charge on any atom is -0.496 e. The van der Waals surface area contributed by atoms with Gasteiger partial charge in [0, 0.05) is 17.2 Å². The summed E-state index contributed by atoms with van der Waals surface area (Å²) in [4.78, 5) is 0. The van der Waals surface area contributed by atoms with Gasteiger partial charge >= 0.3 is 0 Å². The molecule has 0 bridgehead atoms. The number of rotatable bonds is 4. The second-order valence-electron chi connectivity index (χ2n) is 4.53. The third-order valence-corrected chi connectivity index (χ3v) is 3.08. The van der Waals surface area contributed by atoms with Gasteiger partial charge in [0.05, 0.1) is 7.11 Å². The van der Waals surface area contributed by atoms with E-state index in [0.29, 0.717) is 17.3 Å². The van der Waals surface area contributed by atoms with Crippen LogP contribution in [0.1, 0.15) is 11.5 Å². The van der Waals surface area contributed by atoms with Gasteiger partial charge in [0.2, 0.25) is 11.8 Å². The fraction of sp³-hybridized carbons (Fsp3) is 0.0588. The molecular weight excluding hydrogens is 283 g/mol. The number of nitrogens with zero attached hydrogens (tertiary/aromatic N) is 2. The molecule has 0 spiro atoms. The Hall–Kier alpha value is -2.95. The van der Waals surface area contributed by atoms with Crippen molar-refractivity contribution in [1.82, 2.24) is 10.2 Å². The Morgan fingerprint density at radius 3 is 2.55 bits per heavy atom. The molecule has 3 aromatic rings. The summed E-state index contributed by atoms with van der Waals surface area (Å²) < 4.78 is 23.7. The molecule has 3 rings (SSSR count). The van der Waals surface area contributed by atoms with Crippen LogP contribution >= 0.6 is 0 Å². The van der Waals surface area contributed by atoms with E-state index >= 15 is 0 Å². The van der Waals surface area contributed by atoms with Crippen molar-refractivity contribution in [2.75, 3.05) is 7.11 Å². The summed E-state index contributed by atoms with van der Waals surface area (Å²) in [6.45, 7) is 0. The standard InChI is InChI=1S/C17H13FN2O2/c1-21-15-5-3-2-4-12(15)8-11-16-19-20-17(22-16)13-6-9-14(18)10-7-13/h2-11H,1H3/b11-8+. The molecular formula is C17H13FN2O2. The second kappa shape index (κ2) is 6.22. The lowest BCUT2D eigenvalue weighted by Gasteiger charge is -2.02. The van der Waals surface area contributed by atoms with E-state index < -0.39 is 0 Å². The first-order chi connectivity index (χ1) is 10.8. The smallest absolute Gasteiger partial charge is 0.248 e. The number of hydrogen-bond acceptors (Lipinski definition) is 4. The van der Waals surface area contributed by atoms with Crippen molar-refractivity contribution in [2.24, 2.45) is 0 Å². The Morgan fingerprint density at radius 1 is 1.00 bits per heavy atom. The molecule has 0 saturated carbocycles. The van der Waals surface area contributed by atoms with Crippen LogP contribution in [0.3, 0.4) is 0 Å². The van der Waals surface area contributed by atoms with Crippen LogP contribution in [0, 0.1) is 5.82 Å². The van der Waals surface area contributed by atoms with E-state index in [-0.39, 0.29) is 5.82 Å². The topological polar surface area (TPSA) is 48.2 Å². The summed E-state index contributed by atoms with van der Waals surface area (Å²) in [7, 11) is 1.62. The fourth-order valence-corrected chi connectivity index (χ4v) is 1.98. The molecule has 0 aliphatic carbocycles. The van der Waals surface area contributed by atoms with Gasteiger partial charge < -0.3 is 9.15 Å². The molecule has 110 valence electrons. The zero-order valence-electron chi connectivity index (χ0n) is 11.9. The highest BCUT2D eigenvalue weighted by molar-refractivity contribution is 5.70. The summed E-state index contributed by atoms with van der Waals surface area (Å²) in [5, 5.41) is 7.90. The van der Waals surface area contributed by atoms with Crippen LogP contribution in [0.4, 0.5) is 4.39 Å². The number of methoxy groups -OCH3 is 1. The zero-order chi connectivity index (χ0) is 15.4. The Bertz CT molecular complexity index is 794. The van der Waals surface area contributed by atoms with Crippen LogP contribution in [-0.4, -0.2) is 17.3 Å². The van der Waals surface area contributed by atoms with Crippen LogP contribution in [0.5, 0.6) is 5.75 Å². The maximum Gasteiger partial charge on any atom is 0.248 e. The first-order valence-corrected chi connectivity index (χ1v) is 6.67. The Kier molecular flexibility index (Phi) is 3.96. The molecule has 1 aromatic heterocycles. The van der Waals surface area contributed by atoms with E-state index in [4.69, 9.17) is 9.15 Å². The molecule has 0 N–H and O–H groups in total. The Morgan fingerprint density at radius 2 is 1.77 bits per heavy atom. The largest absolute Gasteiger partial charge is 0.496 e. The molecule has 0 unspecified atom stereocenters. The van der Waals surface area contributed by atoms with E-state index in [1.165, 1.54) is 12.1 Å². The summed E-state index contributed by atoms with van der Waals surface area (Å²) in [5.41, 5.74) is 1.58. The minimum atomic E-state index is -0.306. The monoisotopic (exact) mass is 296 g/mol. The molecule has 2 aromatic carbocycles. The number of hydrogen-bond donors (Lipinski definition) is 0. The normalized spacial score (nSPS) is 11.0. The number of halogens is 1. The van der Waals surface area contributed by atoms with Gasteiger partial charge in [-0.2, -0.15) is 0 Å². The third-order valence-electron chi connectivity index (χ3n) is 3.08. The van der Waals surface area contributed by atoms with Crippen LogP contribution in [-0.2, 0) is 0 Å². The van der Waals surface area contributed by atoms with Crippen LogP contribution < -0.4 is 4.74 Å². The molecule has 4 nitrogen and oxygen atoms in total. The highest BCUT2D eigenvalue weighted by atomic mass is 19.1. The van der Waals surface area contributed by atoms with Gasteiger partial charge in [0.15, 0.2) is 0 Å². The van der Waals surface area contributed by atoms with E-state index in [1.54, 1.807) is 25.3 Å². The molecule has 1 heterocycles. The SMILES string of the molecule is COc1ccccc1/C=C/c1nnc(-c2ccc(F)cc2)o1. The van der Waals surface area contributed by atoms with Gasteiger partial charge in [-0.3, -0.25) is 0 Å². The predicted molar refractivity (Wildman–Crippen MR) is 81.6 cm³/mol. The molecule has 22 heavy (non-hydrogen) atoms. The molecule has 0 radical (unpaired) electrons. The van der Waals surface area contributed by atoms with Crippen LogP contribution in [0.15, 0.2) is 52.9 Å². The van der Waals surface area contributed by atoms with Crippen LogP contribution in [0.2, 0.25) is 0 Å². The van der Waals surface area contributed by atoms with E-state index in [2.05, 4.69) is 10.2 Å². The maximum absolute atomic E-state index is 12.9. The third kappa shape index (κ3) is 3.03. The molecule has 0 saturated heterocycles. The van der Waals surface area contributed by atoms with Gasteiger partial charge in [-0.15, -0.1) is 10.2 Å². The molecule has 0 amide bonds. The average Bonchev–Trinajstić information content (AvgIpc) is 3.03. The van der Waals surface area contributed by atoms with Gasteiger partial charge in [-0.05, 0) is 36.4 Å². The Labute approximate surface area is 126 Å². The lowest BCUT2D eigenvalue weighted by atomic mass is 10.2. The molecule has 0 fully saturated rings. The quantitative estimate of drug-likeness (QED) is 0.728. The number of ether oxygens (including phenoxy) is 1. The van der Waals surface area contributed by atoms with Gasteiger partial charge in [-0.1, -0.05) is 18.2 Å². The summed E-state index contributed by atoms with van der Waals surface area (Å²) in [6.07, 6.45) is 3.54. The van der Waals surface area contributed by atoms with Crippen LogP contribution in [0.25, 0.3) is 23.6 Å². The van der Waals surface area contributed by atoms with Crippen molar-refractivity contribution in [3.8, 4) is 17.2 Å². The minimum absolute atomic E-state index is 0.306. The van der Waals surface area contributed by atoms with Crippen molar-refractivity contribution in [3.05, 3.63) is 65.8 Å². The van der Waals surface area contributed by atoms with Crippen molar-refractivity contribution < 1.29 is 13.5 Å². The number of para-hydroxylation sites is 1. The van der Waals surface area contributed by atoms with Crippen molar-refractivity contribution in [2.45, 2.75) is 0 Å². The summed E-state index contributed by atoms with van der Waals surface area (Å²) >= 11 is 0. The fourth-order valence-electron chi connectivity index (χ4n) is 1.98. The highest BCUT2D eigenvalue weighted by Gasteiger charge is 2.07. The zero-order valence-corrected chi connectivity index (χ0v) is 11.9. The Balaban J connectivity index is 1.82. The second-order valence-corrected chi connectivity index (χ2v) is 4.53. The van der Waals surface area contributed by atoms with Gasteiger partial charge in [0.25, 0.3) is 0 Å². The van der Waals surface area contributed by atoms with Crippen molar-refractivity contribution in [1.29, 1.82) is 0 Å². The summed E-state index contributed by atoms with van der Waals surface area (Å²) in [5.74, 6) is 1.17.